The maximum Gasteiger partial charge on any atom is 0.161 e. The Morgan fingerprint density at radius 2 is 1.54 bits per heavy atom. The van der Waals surface area contributed by atoms with E-state index in [0.29, 0.717) is 13.2 Å². The molecule has 1 heterocycles. The molecule has 1 aliphatic rings. The molecular weight excluding hydrogens is 328 g/mol. The molecule has 0 bridgehead atoms. The number of rotatable bonds is 10. The van der Waals surface area contributed by atoms with Gasteiger partial charge in [0.15, 0.2) is 11.5 Å². The molecule has 0 radical (unpaired) electrons. The quantitative estimate of drug-likeness (QED) is 0.663. The second-order valence-electron chi connectivity index (χ2n) is 6.27. The maximum atomic E-state index is 5.92. The molecule has 0 atom stereocenters. The van der Waals surface area contributed by atoms with E-state index in [1.165, 1.54) is 0 Å². The number of nitrogens with one attached hydrogen (secondary N) is 1. The van der Waals surface area contributed by atoms with Crippen LogP contribution in [0.4, 0.5) is 0 Å². The fraction of sp³-hybridized carbons (Fsp3) is 0.429. The maximum absolute atomic E-state index is 5.92. The number of morpholine rings is 1. The average Bonchev–Trinajstić information content (AvgIpc) is 2.71. The second-order valence-corrected chi connectivity index (χ2v) is 6.27. The first-order valence-electron chi connectivity index (χ1n) is 9.31. The topological polar surface area (TPSA) is 43.0 Å². The van der Waals surface area contributed by atoms with Gasteiger partial charge in [0.25, 0.3) is 0 Å². The van der Waals surface area contributed by atoms with Crippen molar-refractivity contribution < 1.29 is 14.2 Å². The summed E-state index contributed by atoms with van der Waals surface area (Å²) >= 11 is 0. The Bertz CT molecular complexity index is 630. The molecule has 0 saturated carbocycles. The van der Waals surface area contributed by atoms with Crippen LogP contribution in [0.3, 0.4) is 0 Å². The molecule has 1 N–H and O–H groups in total. The summed E-state index contributed by atoms with van der Waals surface area (Å²) in [6.45, 7) is 7.77. The molecule has 1 aliphatic heterocycles. The highest BCUT2D eigenvalue weighted by atomic mass is 16.5. The van der Waals surface area contributed by atoms with Crippen LogP contribution in [0.1, 0.15) is 5.56 Å². The minimum atomic E-state index is 0.541. The molecule has 0 aromatic heterocycles. The number of hydrogen-bond donors (Lipinski definition) is 1. The molecule has 0 spiro atoms. The van der Waals surface area contributed by atoms with Crippen molar-refractivity contribution in [2.45, 2.75) is 6.61 Å². The number of para-hydroxylation sites is 2. The predicted octanol–water partition coefficient (Wildman–Crippen LogP) is 2.57. The van der Waals surface area contributed by atoms with Crippen molar-refractivity contribution in [2.24, 2.45) is 0 Å². The zero-order valence-corrected chi connectivity index (χ0v) is 15.2. The molecule has 1 saturated heterocycles. The van der Waals surface area contributed by atoms with Gasteiger partial charge in [-0.05, 0) is 17.7 Å². The van der Waals surface area contributed by atoms with Crippen molar-refractivity contribution in [3.05, 3.63) is 60.2 Å². The lowest BCUT2D eigenvalue weighted by atomic mass is 10.2. The van der Waals surface area contributed by atoms with E-state index in [2.05, 4.69) is 22.3 Å². The highest BCUT2D eigenvalue weighted by Crippen LogP contribution is 2.27. The van der Waals surface area contributed by atoms with E-state index in [-0.39, 0.29) is 0 Å². The Morgan fingerprint density at radius 3 is 2.31 bits per heavy atom. The highest BCUT2D eigenvalue weighted by Gasteiger charge is 2.09. The monoisotopic (exact) mass is 356 g/mol. The summed E-state index contributed by atoms with van der Waals surface area (Å²) in [4.78, 5) is 2.42. The first-order chi connectivity index (χ1) is 12.9. The lowest BCUT2D eigenvalue weighted by Crippen LogP contribution is -2.40. The SMILES string of the molecule is c1ccc(COc2ccccc2OCCNCCN2CCOCC2)cc1. The van der Waals surface area contributed by atoms with Crippen LogP contribution in [0.2, 0.25) is 0 Å². The lowest BCUT2D eigenvalue weighted by Gasteiger charge is -2.26. The molecule has 26 heavy (non-hydrogen) atoms. The van der Waals surface area contributed by atoms with E-state index < -0.39 is 0 Å². The first kappa shape index (κ1) is 18.7. The van der Waals surface area contributed by atoms with Gasteiger partial charge in [0.2, 0.25) is 0 Å². The van der Waals surface area contributed by atoms with Gasteiger partial charge in [-0.15, -0.1) is 0 Å². The number of nitrogens with zero attached hydrogens (tertiary/aromatic N) is 1. The summed E-state index contributed by atoms with van der Waals surface area (Å²) in [5.41, 5.74) is 1.15. The van der Waals surface area contributed by atoms with Crippen molar-refractivity contribution in [1.82, 2.24) is 10.2 Å². The molecule has 1 fully saturated rings. The van der Waals surface area contributed by atoms with Gasteiger partial charge in [-0.2, -0.15) is 0 Å². The van der Waals surface area contributed by atoms with Crippen molar-refractivity contribution in [2.75, 3.05) is 52.5 Å². The van der Waals surface area contributed by atoms with Crippen LogP contribution in [-0.4, -0.2) is 57.4 Å². The predicted molar refractivity (Wildman–Crippen MR) is 103 cm³/mol. The van der Waals surface area contributed by atoms with E-state index in [1.54, 1.807) is 0 Å². The van der Waals surface area contributed by atoms with Gasteiger partial charge in [-0.1, -0.05) is 42.5 Å². The van der Waals surface area contributed by atoms with Gasteiger partial charge < -0.3 is 19.5 Å². The van der Waals surface area contributed by atoms with Crippen LogP contribution < -0.4 is 14.8 Å². The first-order valence-corrected chi connectivity index (χ1v) is 9.31. The largest absolute Gasteiger partial charge is 0.488 e. The number of ether oxygens (including phenoxy) is 3. The van der Waals surface area contributed by atoms with Crippen LogP contribution in [-0.2, 0) is 11.3 Å². The minimum absolute atomic E-state index is 0.541. The molecule has 0 aliphatic carbocycles. The summed E-state index contributed by atoms with van der Waals surface area (Å²) in [7, 11) is 0. The van der Waals surface area contributed by atoms with Crippen molar-refractivity contribution in [1.29, 1.82) is 0 Å². The van der Waals surface area contributed by atoms with E-state index in [9.17, 15) is 0 Å². The lowest BCUT2D eigenvalue weighted by molar-refractivity contribution is 0.0383. The Labute approximate surface area is 155 Å². The summed E-state index contributed by atoms with van der Waals surface area (Å²) in [6.07, 6.45) is 0. The Balaban J connectivity index is 1.35. The van der Waals surface area contributed by atoms with Gasteiger partial charge in [0, 0.05) is 32.7 Å². The fourth-order valence-electron chi connectivity index (χ4n) is 2.84. The third-order valence-electron chi connectivity index (χ3n) is 4.33. The normalized spacial score (nSPS) is 14.9. The van der Waals surface area contributed by atoms with Gasteiger partial charge in [0.1, 0.15) is 13.2 Å². The van der Waals surface area contributed by atoms with E-state index in [4.69, 9.17) is 14.2 Å². The third kappa shape index (κ3) is 6.33. The van der Waals surface area contributed by atoms with Gasteiger partial charge >= 0.3 is 0 Å². The second kappa shape index (κ2) is 10.8. The van der Waals surface area contributed by atoms with Crippen LogP contribution in [0.5, 0.6) is 11.5 Å². The third-order valence-corrected chi connectivity index (χ3v) is 4.33. The van der Waals surface area contributed by atoms with Crippen LogP contribution >= 0.6 is 0 Å². The minimum Gasteiger partial charge on any atom is -0.488 e. The van der Waals surface area contributed by atoms with Gasteiger partial charge in [-0.25, -0.2) is 0 Å². The van der Waals surface area contributed by atoms with E-state index in [1.807, 2.05) is 42.5 Å². The Hall–Kier alpha value is -2.08. The number of hydrogen-bond acceptors (Lipinski definition) is 5. The zero-order valence-electron chi connectivity index (χ0n) is 15.2. The van der Waals surface area contributed by atoms with Gasteiger partial charge in [-0.3, -0.25) is 4.90 Å². The standard InChI is InChI=1S/C21H28N2O3/c1-2-6-19(7-3-1)18-26-21-9-5-4-8-20(21)25-15-11-22-10-12-23-13-16-24-17-14-23/h1-9,22H,10-18H2. The molecule has 140 valence electrons. The molecule has 2 aromatic rings. The molecule has 3 rings (SSSR count). The summed E-state index contributed by atoms with van der Waals surface area (Å²) in [6, 6.07) is 18.0. The molecule has 2 aromatic carbocycles. The summed E-state index contributed by atoms with van der Waals surface area (Å²) in [5, 5.41) is 3.43. The smallest absolute Gasteiger partial charge is 0.161 e. The van der Waals surface area contributed by atoms with Crippen LogP contribution in [0, 0.1) is 0 Å². The Kier molecular flexibility index (Phi) is 7.78. The van der Waals surface area contributed by atoms with Crippen LogP contribution in [0.15, 0.2) is 54.6 Å². The molecule has 5 nitrogen and oxygen atoms in total. The summed E-state index contributed by atoms with van der Waals surface area (Å²) in [5.74, 6) is 1.57. The van der Waals surface area contributed by atoms with E-state index in [0.717, 1.165) is 63.0 Å². The summed E-state index contributed by atoms with van der Waals surface area (Å²) < 4.78 is 17.2. The van der Waals surface area contributed by atoms with Gasteiger partial charge in [0.05, 0.1) is 13.2 Å². The molecular formula is C21H28N2O3. The van der Waals surface area contributed by atoms with Crippen LogP contribution in [0.25, 0.3) is 0 Å². The van der Waals surface area contributed by atoms with E-state index >= 15 is 0 Å². The molecule has 0 unspecified atom stereocenters. The average molecular weight is 356 g/mol. The zero-order chi connectivity index (χ0) is 17.9. The molecule has 5 heteroatoms. The van der Waals surface area contributed by atoms with Crippen molar-refractivity contribution >= 4 is 0 Å². The fourth-order valence-corrected chi connectivity index (χ4v) is 2.84. The van der Waals surface area contributed by atoms with Crippen molar-refractivity contribution in [3.8, 4) is 11.5 Å². The number of benzene rings is 2. The molecule has 0 amide bonds. The van der Waals surface area contributed by atoms with Crippen molar-refractivity contribution in [3.63, 3.8) is 0 Å². The highest BCUT2D eigenvalue weighted by molar-refractivity contribution is 5.39. The Morgan fingerprint density at radius 1 is 0.846 bits per heavy atom.